The number of rotatable bonds is 3. The first-order valence-corrected chi connectivity index (χ1v) is 4.42. The third-order valence-corrected chi connectivity index (χ3v) is 2.55. The standard InChI is InChI=1S/C7H9ClOS/c8-6-4-7(10-5-6)2-1-3-9/h4-5,9H,1-3H2. The van der Waals surface area contributed by atoms with Gasteiger partial charge in [0.2, 0.25) is 0 Å². The van der Waals surface area contributed by atoms with Gasteiger partial charge in [-0.15, -0.1) is 11.3 Å². The smallest absolute Gasteiger partial charge is 0.0515 e. The summed E-state index contributed by atoms with van der Waals surface area (Å²) < 4.78 is 0. The monoisotopic (exact) mass is 176 g/mol. The van der Waals surface area contributed by atoms with Crippen LogP contribution in [0.1, 0.15) is 11.3 Å². The van der Waals surface area contributed by atoms with Gasteiger partial charge in [0.1, 0.15) is 0 Å². The van der Waals surface area contributed by atoms with Crippen LogP contribution in [0.25, 0.3) is 0 Å². The van der Waals surface area contributed by atoms with Crippen LogP contribution in [0.2, 0.25) is 5.02 Å². The highest BCUT2D eigenvalue weighted by atomic mass is 35.5. The van der Waals surface area contributed by atoms with Gasteiger partial charge < -0.3 is 5.11 Å². The van der Waals surface area contributed by atoms with Gasteiger partial charge in [0.05, 0.1) is 5.02 Å². The molecule has 0 radical (unpaired) electrons. The molecule has 1 heterocycles. The lowest BCUT2D eigenvalue weighted by Crippen LogP contribution is -1.84. The van der Waals surface area contributed by atoms with E-state index in [-0.39, 0.29) is 6.61 Å². The minimum Gasteiger partial charge on any atom is -0.396 e. The summed E-state index contributed by atoms with van der Waals surface area (Å²) >= 11 is 7.33. The van der Waals surface area contributed by atoms with Crippen LogP contribution in [-0.2, 0) is 6.42 Å². The quantitative estimate of drug-likeness (QED) is 0.750. The summed E-state index contributed by atoms with van der Waals surface area (Å²) in [6.45, 7) is 0.259. The number of aryl methyl sites for hydroxylation is 1. The second-order valence-corrected chi connectivity index (χ2v) is 3.49. The molecule has 0 saturated heterocycles. The molecule has 0 aromatic carbocycles. The van der Waals surface area contributed by atoms with Crippen LogP contribution in [-0.4, -0.2) is 11.7 Å². The lowest BCUT2D eigenvalue weighted by atomic mass is 10.3. The van der Waals surface area contributed by atoms with Gasteiger partial charge in [-0.3, -0.25) is 0 Å². The van der Waals surface area contributed by atoms with Crippen LogP contribution in [0, 0.1) is 0 Å². The maximum absolute atomic E-state index is 8.51. The molecule has 10 heavy (non-hydrogen) atoms. The topological polar surface area (TPSA) is 20.2 Å². The molecule has 0 aliphatic heterocycles. The predicted octanol–water partition coefficient (Wildman–Crippen LogP) is 2.33. The molecule has 0 aliphatic carbocycles. The van der Waals surface area contributed by atoms with Crippen LogP contribution in [0.15, 0.2) is 11.4 Å². The SMILES string of the molecule is OCCCc1cc(Cl)cs1. The molecule has 56 valence electrons. The fraction of sp³-hybridized carbons (Fsp3) is 0.429. The number of halogens is 1. The largest absolute Gasteiger partial charge is 0.396 e. The van der Waals surface area contributed by atoms with E-state index in [1.165, 1.54) is 4.88 Å². The van der Waals surface area contributed by atoms with Crippen molar-refractivity contribution in [1.29, 1.82) is 0 Å². The molecule has 0 unspecified atom stereocenters. The first-order chi connectivity index (χ1) is 4.83. The Balaban J connectivity index is 2.42. The first kappa shape index (κ1) is 8.05. The number of thiophene rings is 1. The minimum atomic E-state index is 0.259. The van der Waals surface area contributed by atoms with E-state index in [2.05, 4.69) is 0 Å². The molecule has 0 fully saturated rings. The van der Waals surface area contributed by atoms with Crippen molar-refractivity contribution in [3.8, 4) is 0 Å². The fourth-order valence-electron chi connectivity index (χ4n) is 0.738. The average Bonchev–Trinajstić information content (AvgIpc) is 2.31. The molecule has 1 rings (SSSR count). The van der Waals surface area contributed by atoms with Crippen LogP contribution in [0.5, 0.6) is 0 Å². The second kappa shape index (κ2) is 3.96. The van der Waals surface area contributed by atoms with Crippen LogP contribution in [0.3, 0.4) is 0 Å². The average molecular weight is 177 g/mol. The van der Waals surface area contributed by atoms with E-state index in [0.29, 0.717) is 0 Å². The molecule has 0 atom stereocenters. The van der Waals surface area contributed by atoms with Gasteiger partial charge >= 0.3 is 0 Å². The molecule has 0 aliphatic rings. The molecule has 1 nitrogen and oxygen atoms in total. The van der Waals surface area contributed by atoms with Crippen molar-refractivity contribution in [2.24, 2.45) is 0 Å². The van der Waals surface area contributed by atoms with Crippen molar-refractivity contribution >= 4 is 22.9 Å². The number of hydrogen-bond donors (Lipinski definition) is 1. The van der Waals surface area contributed by atoms with Crippen molar-refractivity contribution in [1.82, 2.24) is 0 Å². The maximum Gasteiger partial charge on any atom is 0.0515 e. The van der Waals surface area contributed by atoms with Crippen molar-refractivity contribution in [2.45, 2.75) is 12.8 Å². The van der Waals surface area contributed by atoms with Gasteiger partial charge in [-0.1, -0.05) is 11.6 Å². The summed E-state index contributed by atoms with van der Waals surface area (Å²) in [4.78, 5) is 1.25. The van der Waals surface area contributed by atoms with Crippen LogP contribution in [0.4, 0.5) is 0 Å². The molecule has 0 spiro atoms. The zero-order valence-corrected chi connectivity index (χ0v) is 7.08. The molecule has 1 aromatic rings. The Morgan fingerprint density at radius 2 is 2.40 bits per heavy atom. The van der Waals surface area contributed by atoms with E-state index in [1.807, 2.05) is 11.4 Å². The molecule has 3 heteroatoms. The number of aliphatic hydroxyl groups is 1. The minimum absolute atomic E-state index is 0.259. The van der Waals surface area contributed by atoms with E-state index < -0.39 is 0 Å². The molecular formula is C7H9ClOS. The predicted molar refractivity (Wildman–Crippen MR) is 44.7 cm³/mol. The van der Waals surface area contributed by atoms with Gasteiger partial charge in [-0.05, 0) is 18.9 Å². The van der Waals surface area contributed by atoms with E-state index in [4.69, 9.17) is 16.7 Å². The third-order valence-electron chi connectivity index (χ3n) is 1.20. The van der Waals surface area contributed by atoms with Gasteiger partial charge in [0.25, 0.3) is 0 Å². The Labute approximate surface area is 69.3 Å². The highest BCUT2D eigenvalue weighted by Crippen LogP contribution is 2.19. The Hall–Kier alpha value is -0.0500. The Morgan fingerprint density at radius 3 is 2.90 bits per heavy atom. The second-order valence-electron chi connectivity index (χ2n) is 2.06. The lowest BCUT2D eigenvalue weighted by Gasteiger charge is -1.90. The molecule has 1 aromatic heterocycles. The maximum atomic E-state index is 8.51. The van der Waals surface area contributed by atoms with Crippen molar-refractivity contribution in [3.05, 3.63) is 21.3 Å². The fourth-order valence-corrected chi connectivity index (χ4v) is 1.86. The van der Waals surface area contributed by atoms with Gasteiger partial charge in [-0.2, -0.15) is 0 Å². The van der Waals surface area contributed by atoms with Crippen molar-refractivity contribution in [2.75, 3.05) is 6.61 Å². The Morgan fingerprint density at radius 1 is 1.60 bits per heavy atom. The number of aliphatic hydroxyl groups excluding tert-OH is 1. The number of hydrogen-bond acceptors (Lipinski definition) is 2. The summed E-state index contributed by atoms with van der Waals surface area (Å²) in [5.41, 5.74) is 0. The van der Waals surface area contributed by atoms with E-state index in [9.17, 15) is 0 Å². The van der Waals surface area contributed by atoms with E-state index >= 15 is 0 Å². The summed E-state index contributed by atoms with van der Waals surface area (Å²) in [5, 5.41) is 11.2. The van der Waals surface area contributed by atoms with Gasteiger partial charge in [0, 0.05) is 16.9 Å². The van der Waals surface area contributed by atoms with Gasteiger partial charge in [-0.25, -0.2) is 0 Å². The lowest BCUT2D eigenvalue weighted by molar-refractivity contribution is 0.289. The first-order valence-electron chi connectivity index (χ1n) is 3.16. The normalized spacial score (nSPS) is 10.2. The highest BCUT2D eigenvalue weighted by molar-refractivity contribution is 7.10. The Bertz CT molecular complexity index is 197. The molecule has 0 amide bonds. The molecule has 0 saturated carbocycles. The van der Waals surface area contributed by atoms with Crippen molar-refractivity contribution in [3.63, 3.8) is 0 Å². The van der Waals surface area contributed by atoms with E-state index in [1.54, 1.807) is 11.3 Å². The summed E-state index contributed by atoms with van der Waals surface area (Å²) in [5.74, 6) is 0. The third kappa shape index (κ3) is 2.29. The zero-order chi connectivity index (χ0) is 7.40. The Kier molecular flexibility index (Phi) is 3.19. The summed E-state index contributed by atoms with van der Waals surface area (Å²) in [7, 11) is 0. The molecule has 1 N–H and O–H groups in total. The van der Waals surface area contributed by atoms with Gasteiger partial charge in [0.15, 0.2) is 0 Å². The summed E-state index contributed by atoms with van der Waals surface area (Å²) in [6.07, 6.45) is 1.77. The van der Waals surface area contributed by atoms with Crippen LogP contribution < -0.4 is 0 Å². The highest BCUT2D eigenvalue weighted by Gasteiger charge is 1.95. The summed E-state index contributed by atoms with van der Waals surface area (Å²) in [6, 6.07) is 1.95. The van der Waals surface area contributed by atoms with Crippen LogP contribution >= 0.6 is 22.9 Å². The molecule has 0 bridgehead atoms. The van der Waals surface area contributed by atoms with Crippen molar-refractivity contribution < 1.29 is 5.11 Å². The van der Waals surface area contributed by atoms with E-state index in [0.717, 1.165) is 17.9 Å². The zero-order valence-electron chi connectivity index (χ0n) is 5.51. The molecular weight excluding hydrogens is 168 g/mol.